The standard InChI is InChI=1S/C24H22N4O5.C11H15NO2.C10H11NO2.C10H13NO2.C9H8O3.CH5N.CH3.BrH.Mg/c1-14(17-4-3-5-20-22(17)31-11-10-30-20)27-24-28-18-7-6-15(13-21(18)33-24)32-16-8-9-26-19(12-16)23(29)25-2;1-8(12-2)9-4-3-5-10-11(9)14-7-6-13-10;1-11-7-8-3-2-4-9-10(8)13-6-5-12-9;1-7(11)8-3-2-4-9-10(8)13-6-5-12-9;10-6-7-2-1-3-8-9(7)12-5-4-11-8;1-2;;;/h3-9,12-14H,10-11H2,1-2H3,(H,25,29)(H,27,28);3-5,8,12H,6-7H2,1-2H3;2-4,7H,5-6H2,1H3;2-4,7H,5-6,11H2,1H3;1-3,6H,4-5H2;2H2,1H3;1H3;1H;/q;;;;;;-1;;+2/p-1. The molecule has 5 aliphatic heterocycles. The van der Waals surface area contributed by atoms with Gasteiger partial charge in [0.15, 0.2) is 69.4 Å². The number of aromatic nitrogens is 2. The Kier molecular flexibility index (Phi) is 29.6. The van der Waals surface area contributed by atoms with Crippen LogP contribution >= 0.6 is 0 Å². The molecule has 2 aromatic heterocycles. The zero-order valence-corrected chi connectivity index (χ0v) is 54.9. The van der Waals surface area contributed by atoms with Gasteiger partial charge in [0.05, 0.1) is 11.6 Å². The number of ether oxygens (including phenoxy) is 11. The SMILES string of the molecule is CC(N)c1cccc2c1OCCO2.CN.CN=Cc1cccc2c1OCCO2.CNC(=O)c1cc(Oc2ccc3nc(NC(C)c4cccc5c4OCCO5)oc3c2)ccn1.CNC(C)c1cccc2c1OCCO2.O=Cc1cccc2c1OCCO2.[Br-].[CH3-].[Mg+2]. The number of aliphatic imine (C=N–C) groups is 1. The van der Waals surface area contributed by atoms with Crippen LogP contribution in [0.1, 0.15) is 82.0 Å². The summed E-state index contributed by atoms with van der Waals surface area (Å²) in [6.07, 6.45) is 4.06. The molecule has 1 amide bonds. The van der Waals surface area contributed by atoms with Gasteiger partial charge in [-0.2, -0.15) is 4.98 Å². The van der Waals surface area contributed by atoms with E-state index in [1.807, 2.05) is 93.7 Å². The van der Waals surface area contributed by atoms with Gasteiger partial charge in [0.1, 0.15) is 88.8 Å². The van der Waals surface area contributed by atoms with Gasteiger partial charge in [0.2, 0.25) is 0 Å². The molecule has 7 N–H and O–H groups in total. The van der Waals surface area contributed by atoms with Gasteiger partial charge in [-0.05, 0) is 95.5 Å². The number of pyridine rings is 1. The Bertz CT molecular complexity index is 3590. The van der Waals surface area contributed by atoms with Crippen LogP contribution in [0.15, 0.2) is 137 Å². The van der Waals surface area contributed by atoms with Crippen molar-refractivity contribution in [2.24, 2.45) is 16.5 Å². The topological polar surface area (TPSA) is 275 Å². The van der Waals surface area contributed by atoms with Crippen molar-refractivity contribution in [3.05, 3.63) is 168 Å². The molecule has 5 aliphatic rings. The van der Waals surface area contributed by atoms with E-state index >= 15 is 0 Å². The number of anilines is 1. The number of rotatable bonds is 11. The molecule has 0 aliphatic carbocycles. The van der Waals surface area contributed by atoms with E-state index in [4.69, 9.17) is 62.3 Å². The summed E-state index contributed by atoms with van der Waals surface area (Å²) in [5, 5.41) is 9.02. The summed E-state index contributed by atoms with van der Waals surface area (Å²) in [4.78, 5) is 34.8. The van der Waals surface area contributed by atoms with E-state index in [2.05, 4.69) is 49.6 Å². The Morgan fingerprint density at radius 3 is 1.50 bits per heavy atom. The first-order valence-electron chi connectivity index (χ1n) is 28.4. The van der Waals surface area contributed by atoms with E-state index in [9.17, 15) is 9.59 Å². The molecule has 0 saturated carbocycles. The molecule has 0 bridgehead atoms. The normalized spacial score (nSPS) is 14.0. The molecule has 0 radical (unpaired) electrons. The van der Waals surface area contributed by atoms with Gasteiger partial charge >= 0.3 is 23.1 Å². The fraction of sp³-hybridized carbons (Fsp3) is 0.303. The van der Waals surface area contributed by atoms with Crippen LogP contribution < -0.4 is 96.5 Å². The Balaban J connectivity index is 0.000000217. The molecule has 0 saturated heterocycles. The van der Waals surface area contributed by atoms with Crippen molar-refractivity contribution in [3.63, 3.8) is 0 Å². The van der Waals surface area contributed by atoms with Crippen molar-refractivity contribution in [1.29, 1.82) is 0 Å². The molecule has 24 heteroatoms. The van der Waals surface area contributed by atoms with Crippen molar-refractivity contribution < 1.29 is 83.1 Å². The van der Waals surface area contributed by atoms with Crippen LogP contribution in [-0.2, 0) is 0 Å². The molecule has 0 spiro atoms. The number of oxazole rings is 1. The van der Waals surface area contributed by atoms with E-state index in [1.54, 1.807) is 62.8 Å². The third-order valence-electron chi connectivity index (χ3n) is 13.4. The monoisotopic (exact) mass is 1310 g/mol. The van der Waals surface area contributed by atoms with E-state index in [0.717, 1.165) is 74.5 Å². The van der Waals surface area contributed by atoms with Crippen LogP contribution in [0.2, 0.25) is 0 Å². The molecular weight excluding hydrogens is 1230 g/mol. The van der Waals surface area contributed by atoms with Crippen LogP contribution in [0.3, 0.4) is 0 Å². The molecule has 3 unspecified atom stereocenters. The van der Waals surface area contributed by atoms with Crippen LogP contribution in [0.5, 0.6) is 69.0 Å². The van der Waals surface area contributed by atoms with Gasteiger partial charge in [0.25, 0.3) is 11.9 Å². The predicted molar refractivity (Wildman–Crippen MR) is 342 cm³/mol. The smallest absolute Gasteiger partial charge is 1.00 e. The Labute approximate surface area is 551 Å². The summed E-state index contributed by atoms with van der Waals surface area (Å²) in [7, 11) is 6.73. The average molecular weight is 1310 g/mol. The molecule has 3 atom stereocenters. The van der Waals surface area contributed by atoms with Crippen molar-refractivity contribution in [3.8, 4) is 69.0 Å². The summed E-state index contributed by atoms with van der Waals surface area (Å²) in [5.74, 6) is 8.44. The predicted octanol–water partition coefficient (Wildman–Crippen LogP) is 6.96. The Morgan fingerprint density at radius 1 is 0.578 bits per heavy atom. The van der Waals surface area contributed by atoms with E-state index in [0.29, 0.717) is 112 Å². The summed E-state index contributed by atoms with van der Waals surface area (Å²) < 4.78 is 66.8. The number of amides is 1. The quantitative estimate of drug-likeness (QED) is 0.0379. The second kappa shape index (κ2) is 36.8. The molecule has 90 heavy (non-hydrogen) atoms. The first-order chi connectivity index (χ1) is 42.5. The van der Waals surface area contributed by atoms with E-state index in [-0.39, 0.29) is 77.2 Å². The third kappa shape index (κ3) is 19.0. The number of hydrogen-bond donors (Lipinski definition) is 5. The fourth-order valence-electron chi connectivity index (χ4n) is 9.17. The molecule has 0 fully saturated rings. The second-order valence-corrected chi connectivity index (χ2v) is 19.2. The van der Waals surface area contributed by atoms with Gasteiger partial charge in [-0.25, -0.2) is 0 Å². The average Bonchev–Trinajstić information content (AvgIpc) is 2.36. The number of para-hydroxylation sites is 5. The van der Waals surface area contributed by atoms with Crippen LogP contribution in [0.25, 0.3) is 11.1 Å². The zero-order valence-electron chi connectivity index (χ0n) is 51.9. The minimum Gasteiger partial charge on any atom is -1.00 e. The maximum absolute atomic E-state index is 11.8. The summed E-state index contributed by atoms with van der Waals surface area (Å²) in [5.41, 5.74) is 16.5. The second-order valence-electron chi connectivity index (χ2n) is 19.2. The van der Waals surface area contributed by atoms with Crippen molar-refractivity contribution in [2.45, 2.75) is 38.9 Å². The minimum absolute atomic E-state index is 0. The number of nitrogens with one attached hydrogen (secondary N) is 3. The number of halogens is 1. The number of nitrogens with two attached hydrogens (primary N) is 2. The summed E-state index contributed by atoms with van der Waals surface area (Å²) >= 11 is 0. The Hall–Kier alpha value is -8.52. The van der Waals surface area contributed by atoms with Crippen molar-refractivity contribution in [1.82, 2.24) is 20.6 Å². The van der Waals surface area contributed by atoms with Crippen LogP contribution in [0, 0.1) is 7.43 Å². The fourth-order valence-corrected chi connectivity index (χ4v) is 9.17. The molecule has 7 heterocycles. The van der Waals surface area contributed by atoms with Crippen LogP contribution in [-0.4, -0.2) is 146 Å². The molecule has 13 rings (SSSR count). The van der Waals surface area contributed by atoms with Gasteiger partial charge in [-0.3, -0.25) is 19.6 Å². The summed E-state index contributed by atoms with van der Waals surface area (Å²) in [6.45, 7) is 11.9. The Morgan fingerprint density at radius 2 is 1.01 bits per heavy atom. The third-order valence-corrected chi connectivity index (χ3v) is 13.4. The number of nitrogens with zero attached hydrogens (tertiary/aromatic N) is 3. The van der Waals surface area contributed by atoms with E-state index < -0.39 is 0 Å². The largest absolute Gasteiger partial charge is 2.00 e. The molecule has 8 aromatic rings. The van der Waals surface area contributed by atoms with Gasteiger partial charge in [0, 0.05) is 73.0 Å². The van der Waals surface area contributed by atoms with E-state index in [1.165, 1.54) is 13.2 Å². The molecule has 6 aromatic carbocycles. The maximum Gasteiger partial charge on any atom is 2.00 e. The van der Waals surface area contributed by atoms with Gasteiger partial charge < -0.3 is 108 Å². The van der Waals surface area contributed by atoms with Gasteiger partial charge in [-0.15, -0.1) is 0 Å². The first kappa shape index (κ1) is 72.2. The number of carbonyl (C=O) groups is 2. The number of carbonyl (C=O) groups excluding carboxylic acids is 2. The number of benzene rings is 6. The zero-order chi connectivity index (χ0) is 61.5. The maximum atomic E-state index is 11.8. The number of fused-ring (bicyclic) bond motifs is 6. The minimum atomic E-state index is -0.285. The van der Waals surface area contributed by atoms with Gasteiger partial charge in [-0.1, -0.05) is 48.5 Å². The van der Waals surface area contributed by atoms with Crippen molar-refractivity contribution in [2.75, 3.05) is 99.6 Å². The molecular formula is C66H77BrMgN8O14. The summed E-state index contributed by atoms with van der Waals surface area (Å²) in [6, 6.07) is 37.8. The number of hydrogen-bond acceptors (Lipinski definition) is 21. The number of aldehydes is 1. The first-order valence-corrected chi connectivity index (χ1v) is 28.4. The van der Waals surface area contributed by atoms with Crippen LogP contribution in [0.4, 0.5) is 6.01 Å². The van der Waals surface area contributed by atoms with Crippen molar-refractivity contribution >= 4 is 58.6 Å². The molecule has 474 valence electrons. The molecule has 22 nitrogen and oxygen atoms in total.